The lowest BCUT2D eigenvalue weighted by molar-refractivity contribution is -0.143. The molecule has 0 radical (unpaired) electrons. The van der Waals surface area contributed by atoms with Crippen LogP contribution >= 0.6 is 0 Å². The molecule has 1 saturated heterocycles. The fraction of sp³-hybridized carbons (Fsp3) is 0.562. The van der Waals surface area contributed by atoms with Crippen molar-refractivity contribution in [3.63, 3.8) is 0 Å². The zero-order valence-corrected chi connectivity index (χ0v) is 14.9. The van der Waals surface area contributed by atoms with Crippen molar-refractivity contribution in [1.82, 2.24) is 4.31 Å². The summed E-state index contributed by atoms with van der Waals surface area (Å²) < 4.78 is 37.6. The molecular weight excluding hydrogens is 334 g/mol. The molecule has 0 spiro atoms. The molecule has 7 nitrogen and oxygen atoms in total. The van der Waals surface area contributed by atoms with Gasteiger partial charge < -0.3 is 14.6 Å². The number of benzene rings is 1. The van der Waals surface area contributed by atoms with Gasteiger partial charge in [0.25, 0.3) is 0 Å². The van der Waals surface area contributed by atoms with Crippen LogP contribution in [0.4, 0.5) is 0 Å². The Labute approximate surface area is 142 Å². The number of carbonyl (C=O) groups is 1. The summed E-state index contributed by atoms with van der Waals surface area (Å²) in [4.78, 5) is 11.3. The van der Waals surface area contributed by atoms with Gasteiger partial charge in [0.1, 0.15) is 10.6 Å². The summed E-state index contributed by atoms with van der Waals surface area (Å²) in [5.74, 6) is -1.46. The third-order valence-electron chi connectivity index (χ3n) is 4.13. The lowest BCUT2D eigenvalue weighted by Crippen LogP contribution is -2.45. The van der Waals surface area contributed by atoms with Crippen molar-refractivity contribution in [2.45, 2.75) is 24.8 Å². The summed E-state index contributed by atoms with van der Waals surface area (Å²) in [5, 5.41) is 9.26. The maximum Gasteiger partial charge on any atom is 0.307 e. The fourth-order valence-electron chi connectivity index (χ4n) is 3.00. The van der Waals surface area contributed by atoms with Crippen molar-refractivity contribution in [2.75, 3.05) is 27.3 Å². The highest BCUT2D eigenvalue weighted by molar-refractivity contribution is 7.89. The maximum absolute atomic E-state index is 13.0. The van der Waals surface area contributed by atoms with Crippen LogP contribution in [0, 0.1) is 11.8 Å². The standard InChI is InChI=1S/C16H23NO6S/c1-11-6-13(16(18)19)9-17(8-11)24(20,21)15-7-12(10-22-2)4-5-14(15)23-3/h4-5,7,11,13H,6,8-10H2,1-3H3,(H,18,19). The van der Waals surface area contributed by atoms with Crippen molar-refractivity contribution in [2.24, 2.45) is 11.8 Å². The molecule has 1 aliphatic rings. The number of methoxy groups -OCH3 is 2. The molecular formula is C16H23NO6S. The Hall–Kier alpha value is -1.64. The largest absolute Gasteiger partial charge is 0.495 e. The van der Waals surface area contributed by atoms with Crippen molar-refractivity contribution < 1.29 is 27.8 Å². The molecule has 1 heterocycles. The van der Waals surface area contributed by atoms with E-state index in [-0.39, 0.29) is 29.7 Å². The number of nitrogens with zero attached hydrogens (tertiary/aromatic N) is 1. The fourth-order valence-corrected chi connectivity index (χ4v) is 4.81. The Morgan fingerprint density at radius 2 is 2.04 bits per heavy atom. The van der Waals surface area contributed by atoms with Crippen molar-refractivity contribution in [3.05, 3.63) is 23.8 Å². The first-order valence-corrected chi connectivity index (χ1v) is 9.12. The number of aliphatic carboxylic acids is 1. The highest BCUT2D eigenvalue weighted by atomic mass is 32.2. The van der Waals surface area contributed by atoms with Gasteiger partial charge in [-0.05, 0) is 30.0 Å². The van der Waals surface area contributed by atoms with Crippen molar-refractivity contribution in [1.29, 1.82) is 0 Å². The first kappa shape index (κ1) is 18.7. The van der Waals surface area contributed by atoms with Crippen molar-refractivity contribution >= 4 is 16.0 Å². The van der Waals surface area contributed by atoms with Gasteiger partial charge in [-0.25, -0.2) is 8.42 Å². The van der Waals surface area contributed by atoms with Crippen LogP contribution in [0.3, 0.4) is 0 Å². The average Bonchev–Trinajstić information content (AvgIpc) is 2.54. The Balaban J connectivity index is 2.41. The van der Waals surface area contributed by atoms with E-state index in [0.717, 1.165) is 0 Å². The SMILES string of the molecule is COCc1ccc(OC)c(S(=O)(=O)N2CC(C)CC(C(=O)O)C2)c1. The number of rotatable bonds is 6. The van der Waals surface area contributed by atoms with Gasteiger partial charge >= 0.3 is 5.97 Å². The summed E-state index contributed by atoms with van der Waals surface area (Å²) in [5.41, 5.74) is 0.705. The lowest BCUT2D eigenvalue weighted by atomic mass is 9.92. The predicted octanol–water partition coefficient (Wildman–Crippen LogP) is 1.57. The molecule has 1 aromatic rings. The van der Waals surface area contributed by atoms with Crippen LogP contribution in [-0.4, -0.2) is 51.1 Å². The molecule has 0 saturated carbocycles. The summed E-state index contributed by atoms with van der Waals surface area (Å²) in [6, 6.07) is 4.84. The van der Waals surface area contributed by atoms with Gasteiger partial charge in [-0.1, -0.05) is 13.0 Å². The highest BCUT2D eigenvalue weighted by Gasteiger charge is 2.37. The molecule has 1 aromatic carbocycles. The second-order valence-electron chi connectivity index (χ2n) is 6.12. The van der Waals surface area contributed by atoms with Crippen molar-refractivity contribution in [3.8, 4) is 5.75 Å². The lowest BCUT2D eigenvalue weighted by Gasteiger charge is -2.34. The highest BCUT2D eigenvalue weighted by Crippen LogP contribution is 2.32. The second-order valence-corrected chi connectivity index (χ2v) is 8.02. The molecule has 1 fully saturated rings. The van der Waals surface area contributed by atoms with E-state index in [9.17, 15) is 18.3 Å². The van der Waals surface area contributed by atoms with E-state index in [1.807, 2.05) is 6.92 Å². The molecule has 24 heavy (non-hydrogen) atoms. The van der Waals surface area contributed by atoms with Gasteiger partial charge in [0.05, 0.1) is 19.6 Å². The summed E-state index contributed by atoms with van der Waals surface area (Å²) in [6.45, 7) is 2.40. The summed E-state index contributed by atoms with van der Waals surface area (Å²) in [7, 11) is -0.920. The van der Waals surface area contributed by atoms with E-state index < -0.39 is 21.9 Å². The van der Waals surface area contributed by atoms with Gasteiger partial charge in [-0.3, -0.25) is 4.79 Å². The summed E-state index contributed by atoms with van der Waals surface area (Å²) >= 11 is 0. The number of hydrogen-bond acceptors (Lipinski definition) is 5. The van der Waals surface area contributed by atoms with Gasteiger partial charge in [-0.2, -0.15) is 4.31 Å². The average molecular weight is 357 g/mol. The van der Waals surface area contributed by atoms with Crippen LogP contribution in [-0.2, 0) is 26.2 Å². The molecule has 8 heteroatoms. The minimum absolute atomic E-state index is 0.0252. The van der Waals surface area contributed by atoms with Gasteiger partial charge in [-0.15, -0.1) is 0 Å². The number of sulfonamides is 1. The van der Waals surface area contributed by atoms with Crippen LogP contribution in [0.25, 0.3) is 0 Å². The minimum atomic E-state index is -3.86. The predicted molar refractivity (Wildman–Crippen MR) is 87.4 cm³/mol. The van der Waals surface area contributed by atoms with Gasteiger partial charge in [0, 0.05) is 20.2 Å². The van der Waals surface area contributed by atoms with E-state index in [2.05, 4.69) is 0 Å². The molecule has 2 atom stereocenters. The molecule has 2 unspecified atom stereocenters. The molecule has 0 aromatic heterocycles. The number of carboxylic acid groups (broad SMARTS) is 1. The molecule has 0 bridgehead atoms. The third kappa shape index (κ3) is 3.88. The van der Waals surface area contributed by atoms with E-state index in [1.54, 1.807) is 12.1 Å². The quantitative estimate of drug-likeness (QED) is 0.831. The minimum Gasteiger partial charge on any atom is -0.495 e. The topological polar surface area (TPSA) is 93.1 Å². The Bertz CT molecular complexity index is 703. The smallest absolute Gasteiger partial charge is 0.307 e. The summed E-state index contributed by atoms with van der Waals surface area (Å²) in [6.07, 6.45) is 0.474. The number of carboxylic acids is 1. The molecule has 134 valence electrons. The van der Waals surface area contributed by atoms with Gasteiger partial charge in [0.2, 0.25) is 10.0 Å². The monoisotopic (exact) mass is 357 g/mol. The Morgan fingerprint density at radius 3 is 2.62 bits per heavy atom. The Morgan fingerprint density at radius 1 is 1.33 bits per heavy atom. The maximum atomic E-state index is 13.0. The molecule has 1 aliphatic heterocycles. The van der Waals surface area contributed by atoms with E-state index in [0.29, 0.717) is 18.5 Å². The van der Waals surface area contributed by atoms with Crippen LogP contribution < -0.4 is 4.74 Å². The zero-order chi connectivity index (χ0) is 17.9. The van der Waals surface area contributed by atoms with E-state index in [4.69, 9.17) is 9.47 Å². The first-order valence-electron chi connectivity index (χ1n) is 7.68. The first-order chi connectivity index (χ1) is 11.3. The molecule has 1 N–H and O–H groups in total. The normalized spacial score (nSPS) is 22.3. The van der Waals surface area contributed by atoms with Crippen LogP contribution in [0.2, 0.25) is 0 Å². The molecule has 2 rings (SSSR count). The van der Waals surface area contributed by atoms with Crippen LogP contribution in [0.15, 0.2) is 23.1 Å². The third-order valence-corrected chi connectivity index (χ3v) is 5.99. The van der Waals surface area contributed by atoms with E-state index in [1.165, 1.54) is 24.6 Å². The van der Waals surface area contributed by atoms with Crippen LogP contribution in [0.5, 0.6) is 5.75 Å². The van der Waals surface area contributed by atoms with E-state index >= 15 is 0 Å². The number of piperidine rings is 1. The van der Waals surface area contributed by atoms with Crippen LogP contribution in [0.1, 0.15) is 18.9 Å². The molecule has 0 amide bonds. The molecule has 0 aliphatic carbocycles. The van der Waals surface area contributed by atoms with Gasteiger partial charge in [0.15, 0.2) is 0 Å². The number of hydrogen-bond donors (Lipinski definition) is 1. The Kier molecular flexibility index (Phi) is 5.84. The second kappa shape index (κ2) is 7.50. The number of ether oxygens (including phenoxy) is 2. The zero-order valence-electron chi connectivity index (χ0n) is 14.1.